The van der Waals surface area contributed by atoms with Crippen molar-refractivity contribution in [2.24, 2.45) is 0 Å². The zero-order valence-electron chi connectivity index (χ0n) is 16.4. The fourth-order valence-corrected chi connectivity index (χ4v) is 5.65. The van der Waals surface area contributed by atoms with Gasteiger partial charge in [0.05, 0.1) is 24.1 Å². The van der Waals surface area contributed by atoms with Gasteiger partial charge >= 0.3 is 0 Å². The number of nitrogens with one attached hydrogen (secondary N) is 1. The highest BCUT2D eigenvalue weighted by Crippen LogP contribution is 2.42. The Balaban J connectivity index is 1.77. The number of carbonyl (C=O) groups excluding carboxylic acids is 1. The van der Waals surface area contributed by atoms with Gasteiger partial charge in [-0.3, -0.25) is 9.69 Å². The number of ether oxygens (including phenoxy) is 1. The van der Waals surface area contributed by atoms with Crippen LogP contribution in [-0.4, -0.2) is 37.1 Å². The summed E-state index contributed by atoms with van der Waals surface area (Å²) in [6.07, 6.45) is 0. The number of carbonyl (C=O) groups is 1. The summed E-state index contributed by atoms with van der Waals surface area (Å²) in [4.78, 5) is 17.2. The highest BCUT2D eigenvalue weighted by atomic mass is 79.9. The third-order valence-electron chi connectivity index (χ3n) is 5.27. The molecular weight excluding hydrogens is 468 g/mol. The van der Waals surface area contributed by atoms with Crippen LogP contribution in [0.25, 0.3) is 0 Å². The van der Waals surface area contributed by atoms with Gasteiger partial charge in [-0.25, -0.2) is 0 Å². The predicted molar refractivity (Wildman–Crippen MR) is 124 cm³/mol. The van der Waals surface area contributed by atoms with E-state index in [0.717, 1.165) is 40.7 Å². The molecule has 1 aliphatic rings. The first-order valence-electron chi connectivity index (χ1n) is 9.56. The first-order valence-corrected chi connectivity index (χ1v) is 12.1. The van der Waals surface area contributed by atoms with Crippen molar-refractivity contribution in [1.29, 1.82) is 0 Å². The second-order valence-electron chi connectivity index (χ2n) is 7.06. The monoisotopic (exact) mass is 490 g/mol. The van der Waals surface area contributed by atoms with Gasteiger partial charge in [0.1, 0.15) is 5.00 Å². The van der Waals surface area contributed by atoms with E-state index in [-0.39, 0.29) is 11.9 Å². The van der Waals surface area contributed by atoms with E-state index in [4.69, 9.17) is 4.74 Å². The molecule has 1 saturated heterocycles. The van der Waals surface area contributed by atoms with Crippen LogP contribution in [0.15, 0.2) is 46.3 Å². The largest absolute Gasteiger partial charge is 0.379 e. The van der Waals surface area contributed by atoms with Crippen molar-refractivity contribution in [2.75, 3.05) is 31.6 Å². The first-order chi connectivity index (χ1) is 14.0. The molecule has 4 rings (SSSR count). The van der Waals surface area contributed by atoms with Gasteiger partial charge in [0, 0.05) is 28.0 Å². The molecule has 3 heterocycles. The molecule has 7 heteroatoms. The lowest BCUT2D eigenvalue weighted by Crippen LogP contribution is -2.39. The summed E-state index contributed by atoms with van der Waals surface area (Å²) in [7, 11) is 0. The number of halogens is 1. The maximum atomic E-state index is 12.8. The van der Waals surface area contributed by atoms with E-state index in [1.165, 1.54) is 32.9 Å². The molecule has 4 nitrogen and oxygen atoms in total. The Hall–Kier alpha value is -1.51. The fourth-order valence-electron chi connectivity index (χ4n) is 3.68. The van der Waals surface area contributed by atoms with Crippen molar-refractivity contribution in [3.63, 3.8) is 0 Å². The Kier molecular flexibility index (Phi) is 6.51. The zero-order valence-corrected chi connectivity index (χ0v) is 19.6. The number of hydrogen-bond donors (Lipinski definition) is 1. The SMILES string of the molecule is Cc1sc(NC(=O)c2cccs2)c([C@H](c2ccc(Br)cc2)N2CCOCC2)c1C. The number of aryl methyl sites for hydroxylation is 1. The van der Waals surface area contributed by atoms with Crippen LogP contribution in [0.2, 0.25) is 0 Å². The van der Waals surface area contributed by atoms with Crippen molar-refractivity contribution in [2.45, 2.75) is 19.9 Å². The summed E-state index contributed by atoms with van der Waals surface area (Å²) in [5.74, 6) is -0.0426. The molecule has 2 aromatic heterocycles. The molecule has 1 atom stereocenters. The molecule has 0 radical (unpaired) electrons. The fraction of sp³-hybridized carbons (Fsp3) is 0.318. The minimum Gasteiger partial charge on any atom is -0.379 e. The van der Waals surface area contributed by atoms with E-state index in [0.29, 0.717) is 0 Å². The van der Waals surface area contributed by atoms with Crippen LogP contribution in [0.5, 0.6) is 0 Å². The van der Waals surface area contributed by atoms with E-state index < -0.39 is 0 Å². The van der Waals surface area contributed by atoms with Crippen LogP contribution >= 0.6 is 38.6 Å². The van der Waals surface area contributed by atoms with Gasteiger partial charge in [0.15, 0.2) is 0 Å². The van der Waals surface area contributed by atoms with Gasteiger partial charge in [0.2, 0.25) is 0 Å². The van der Waals surface area contributed by atoms with Crippen LogP contribution in [0.4, 0.5) is 5.00 Å². The van der Waals surface area contributed by atoms with E-state index in [2.05, 4.69) is 64.3 Å². The molecule has 3 aromatic rings. The molecule has 1 aliphatic heterocycles. The number of rotatable bonds is 5. The molecular formula is C22H23BrN2O2S2. The lowest BCUT2D eigenvalue weighted by molar-refractivity contribution is 0.0240. The summed E-state index contributed by atoms with van der Waals surface area (Å²) in [5.41, 5.74) is 3.67. The van der Waals surface area contributed by atoms with E-state index in [1.54, 1.807) is 11.3 Å². The first kappa shape index (κ1) is 20.8. The maximum Gasteiger partial charge on any atom is 0.266 e. The molecule has 1 fully saturated rings. The number of nitrogens with zero attached hydrogens (tertiary/aromatic N) is 1. The standard InChI is InChI=1S/C22H23BrN2O2S2/c1-14-15(2)29-22(24-21(26)18-4-3-13-28-18)19(14)20(25-9-11-27-12-10-25)16-5-7-17(23)8-6-16/h3-8,13,20H,9-12H2,1-2H3,(H,24,26)/t20-/m0/s1. The Morgan fingerprint density at radius 3 is 2.55 bits per heavy atom. The average molecular weight is 491 g/mol. The van der Waals surface area contributed by atoms with E-state index >= 15 is 0 Å². The van der Waals surface area contributed by atoms with Gasteiger partial charge in [-0.2, -0.15) is 0 Å². The van der Waals surface area contributed by atoms with Gasteiger partial charge in [0.25, 0.3) is 5.91 Å². The Morgan fingerprint density at radius 1 is 1.17 bits per heavy atom. The molecule has 1 amide bonds. The van der Waals surface area contributed by atoms with Crippen LogP contribution in [0.1, 0.15) is 37.3 Å². The van der Waals surface area contributed by atoms with Gasteiger partial charge in [-0.05, 0) is 48.6 Å². The minimum atomic E-state index is -0.0426. The van der Waals surface area contributed by atoms with Crippen LogP contribution in [0.3, 0.4) is 0 Å². The lowest BCUT2D eigenvalue weighted by Gasteiger charge is -2.35. The summed E-state index contributed by atoms with van der Waals surface area (Å²) in [6, 6.07) is 12.4. The van der Waals surface area contributed by atoms with Gasteiger partial charge in [-0.1, -0.05) is 34.1 Å². The number of amides is 1. The summed E-state index contributed by atoms with van der Waals surface area (Å²) < 4.78 is 6.67. The third-order valence-corrected chi connectivity index (χ3v) is 7.81. The zero-order chi connectivity index (χ0) is 20.4. The smallest absolute Gasteiger partial charge is 0.266 e. The summed E-state index contributed by atoms with van der Waals surface area (Å²) >= 11 is 6.67. The van der Waals surface area contributed by atoms with Gasteiger partial charge < -0.3 is 10.1 Å². The normalized spacial score (nSPS) is 16.0. The van der Waals surface area contributed by atoms with Crippen molar-refractivity contribution >= 4 is 49.5 Å². The molecule has 1 aromatic carbocycles. The third kappa shape index (κ3) is 4.49. The Morgan fingerprint density at radius 2 is 1.90 bits per heavy atom. The quantitative estimate of drug-likeness (QED) is 0.486. The molecule has 0 unspecified atom stereocenters. The van der Waals surface area contributed by atoms with E-state index in [9.17, 15) is 4.79 Å². The maximum absolute atomic E-state index is 12.8. The lowest BCUT2D eigenvalue weighted by atomic mass is 9.94. The molecule has 0 spiro atoms. The minimum absolute atomic E-state index is 0.0426. The Bertz CT molecular complexity index is 977. The summed E-state index contributed by atoms with van der Waals surface area (Å²) in [6.45, 7) is 7.48. The molecule has 29 heavy (non-hydrogen) atoms. The van der Waals surface area contributed by atoms with Crippen LogP contribution < -0.4 is 5.32 Å². The highest BCUT2D eigenvalue weighted by Gasteiger charge is 2.30. The van der Waals surface area contributed by atoms with Crippen molar-refractivity contribution in [1.82, 2.24) is 4.90 Å². The predicted octanol–water partition coefficient (Wildman–Crippen LogP) is 5.86. The van der Waals surface area contributed by atoms with Crippen molar-refractivity contribution in [3.05, 3.63) is 72.7 Å². The van der Waals surface area contributed by atoms with Gasteiger partial charge in [-0.15, -0.1) is 22.7 Å². The number of benzene rings is 1. The van der Waals surface area contributed by atoms with Crippen LogP contribution in [0, 0.1) is 13.8 Å². The number of morpholine rings is 1. The van der Waals surface area contributed by atoms with Crippen LogP contribution in [-0.2, 0) is 4.74 Å². The molecule has 1 N–H and O–H groups in total. The van der Waals surface area contributed by atoms with E-state index in [1.807, 2.05) is 17.5 Å². The molecule has 0 saturated carbocycles. The average Bonchev–Trinajstić information content (AvgIpc) is 3.35. The topological polar surface area (TPSA) is 41.6 Å². The van der Waals surface area contributed by atoms with Crippen molar-refractivity contribution in [3.8, 4) is 0 Å². The van der Waals surface area contributed by atoms with Crippen molar-refractivity contribution < 1.29 is 9.53 Å². The highest BCUT2D eigenvalue weighted by molar-refractivity contribution is 9.10. The number of anilines is 1. The number of thiophene rings is 2. The summed E-state index contributed by atoms with van der Waals surface area (Å²) in [5, 5.41) is 6.07. The second kappa shape index (κ2) is 9.10. The molecule has 152 valence electrons. The Labute approximate surface area is 187 Å². The molecule has 0 bridgehead atoms. The second-order valence-corrected chi connectivity index (χ2v) is 10.1. The number of hydrogen-bond acceptors (Lipinski definition) is 5. The molecule has 0 aliphatic carbocycles.